The maximum absolute atomic E-state index is 3.62. The molecule has 96 valence electrons. The second-order valence-electron chi connectivity index (χ2n) is 5.98. The van der Waals surface area contributed by atoms with Gasteiger partial charge in [-0.15, -0.1) is 0 Å². The standard InChI is InChI=1S/C15H31N/c1-4-11-16-12-15-8-6-5-7-14(15)10-9-13(2)3/h13-16H,4-12H2,1-3H3. The van der Waals surface area contributed by atoms with E-state index < -0.39 is 0 Å². The van der Waals surface area contributed by atoms with Crippen molar-refractivity contribution in [3.05, 3.63) is 0 Å². The SMILES string of the molecule is CCCNCC1CCCCC1CCC(C)C. The number of rotatable bonds is 7. The number of hydrogen-bond acceptors (Lipinski definition) is 1. The molecule has 1 nitrogen and oxygen atoms in total. The summed E-state index contributed by atoms with van der Waals surface area (Å²) in [6.07, 6.45) is 10.1. The zero-order valence-electron chi connectivity index (χ0n) is 11.6. The summed E-state index contributed by atoms with van der Waals surface area (Å²) in [5, 5.41) is 3.62. The Labute approximate surface area is 102 Å². The van der Waals surface area contributed by atoms with Crippen molar-refractivity contribution < 1.29 is 0 Å². The number of hydrogen-bond donors (Lipinski definition) is 1. The van der Waals surface area contributed by atoms with Crippen LogP contribution in [0.1, 0.15) is 65.7 Å². The van der Waals surface area contributed by atoms with Crippen molar-refractivity contribution in [3.8, 4) is 0 Å². The van der Waals surface area contributed by atoms with Crippen LogP contribution in [0.4, 0.5) is 0 Å². The Balaban J connectivity index is 2.26. The van der Waals surface area contributed by atoms with Crippen LogP contribution in [0.5, 0.6) is 0 Å². The summed E-state index contributed by atoms with van der Waals surface area (Å²) in [6.45, 7) is 9.44. The van der Waals surface area contributed by atoms with Crippen LogP contribution in [0.3, 0.4) is 0 Å². The van der Waals surface area contributed by atoms with Crippen LogP contribution in [0.15, 0.2) is 0 Å². The lowest BCUT2D eigenvalue weighted by Crippen LogP contribution is -2.31. The first kappa shape index (κ1) is 14.0. The molecule has 0 aromatic carbocycles. The lowest BCUT2D eigenvalue weighted by atomic mass is 9.76. The average molecular weight is 225 g/mol. The van der Waals surface area contributed by atoms with Crippen LogP contribution >= 0.6 is 0 Å². The van der Waals surface area contributed by atoms with E-state index in [-0.39, 0.29) is 0 Å². The van der Waals surface area contributed by atoms with Gasteiger partial charge in [-0.1, -0.05) is 46.5 Å². The highest BCUT2D eigenvalue weighted by molar-refractivity contribution is 4.77. The quantitative estimate of drug-likeness (QED) is 0.639. The fourth-order valence-electron chi connectivity index (χ4n) is 2.94. The van der Waals surface area contributed by atoms with Gasteiger partial charge in [0.05, 0.1) is 0 Å². The van der Waals surface area contributed by atoms with Crippen LogP contribution in [0, 0.1) is 17.8 Å². The minimum atomic E-state index is 0.881. The van der Waals surface area contributed by atoms with Crippen molar-refractivity contribution in [3.63, 3.8) is 0 Å². The van der Waals surface area contributed by atoms with Crippen LogP contribution < -0.4 is 5.32 Å². The highest BCUT2D eigenvalue weighted by atomic mass is 14.9. The summed E-state index contributed by atoms with van der Waals surface area (Å²) in [5.41, 5.74) is 0. The first-order valence-electron chi connectivity index (χ1n) is 7.44. The maximum atomic E-state index is 3.62. The Hall–Kier alpha value is -0.0400. The van der Waals surface area contributed by atoms with Gasteiger partial charge in [-0.2, -0.15) is 0 Å². The zero-order chi connectivity index (χ0) is 11.8. The Kier molecular flexibility index (Phi) is 7.11. The van der Waals surface area contributed by atoms with E-state index in [0.29, 0.717) is 0 Å². The van der Waals surface area contributed by atoms with Gasteiger partial charge in [-0.3, -0.25) is 0 Å². The van der Waals surface area contributed by atoms with E-state index in [0.717, 1.165) is 17.8 Å². The molecule has 0 saturated heterocycles. The molecule has 2 atom stereocenters. The third-order valence-electron chi connectivity index (χ3n) is 4.01. The Bertz CT molecular complexity index is 165. The van der Waals surface area contributed by atoms with Crippen molar-refractivity contribution in [1.82, 2.24) is 5.32 Å². The summed E-state index contributed by atoms with van der Waals surface area (Å²) >= 11 is 0. The molecule has 0 aromatic rings. The van der Waals surface area contributed by atoms with Crippen molar-refractivity contribution in [2.45, 2.75) is 65.7 Å². The lowest BCUT2D eigenvalue weighted by Gasteiger charge is -2.32. The van der Waals surface area contributed by atoms with Crippen LogP contribution in [-0.4, -0.2) is 13.1 Å². The van der Waals surface area contributed by atoms with Crippen molar-refractivity contribution >= 4 is 0 Å². The first-order chi connectivity index (χ1) is 7.74. The van der Waals surface area contributed by atoms with Gasteiger partial charge < -0.3 is 5.32 Å². The van der Waals surface area contributed by atoms with Crippen LogP contribution in [0.25, 0.3) is 0 Å². The summed E-state index contributed by atoms with van der Waals surface area (Å²) in [4.78, 5) is 0. The fraction of sp³-hybridized carbons (Fsp3) is 1.00. The van der Waals surface area contributed by atoms with E-state index in [1.54, 1.807) is 0 Å². The van der Waals surface area contributed by atoms with Gasteiger partial charge in [-0.25, -0.2) is 0 Å². The predicted molar refractivity (Wildman–Crippen MR) is 72.7 cm³/mol. The molecule has 0 aliphatic heterocycles. The van der Waals surface area contributed by atoms with Gasteiger partial charge in [0.25, 0.3) is 0 Å². The number of nitrogens with one attached hydrogen (secondary N) is 1. The molecule has 0 radical (unpaired) electrons. The van der Waals surface area contributed by atoms with Crippen LogP contribution in [0.2, 0.25) is 0 Å². The molecule has 16 heavy (non-hydrogen) atoms. The summed E-state index contributed by atoms with van der Waals surface area (Å²) < 4.78 is 0. The predicted octanol–water partition coefficient (Wildman–Crippen LogP) is 4.23. The molecule has 1 aliphatic carbocycles. The minimum Gasteiger partial charge on any atom is -0.316 e. The smallest absolute Gasteiger partial charge is 0.00179 e. The fourth-order valence-corrected chi connectivity index (χ4v) is 2.94. The topological polar surface area (TPSA) is 12.0 Å². The Morgan fingerprint density at radius 2 is 1.81 bits per heavy atom. The highest BCUT2D eigenvalue weighted by Crippen LogP contribution is 2.33. The van der Waals surface area contributed by atoms with Crippen molar-refractivity contribution in [1.29, 1.82) is 0 Å². The molecule has 1 aliphatic rings. The molecule has 0 amide bonds. The first-order valence-corrected chi connectivity index (χ1v) is 7.44. The molecular formula is C15H31N. The summed E-state index contributed by atoms with van der Waals surface area (Å²) in [6, 6.07) is 0. The molecule has 1 heteroatoms. The van der Waals surface area contributed by atoms with E-state index in [1.807, 2.05) is 0 Å². The Morgan fingerprint density at radius 1 is 1.12 bits per heavy atom. The molecule has 1 fully saturated rings. The second-order valence-corrected chi connectivity index (χ2v) is 5.98. The Morgan fingerprint density at radius 3 is 2.44 bits per heavy atom. The largest absolute Gasteiger partial charge is 0.316 e. The van der Waals surface area contributed by atoms with Gasteiger partial charge in [0.15, 0.2) is 0 Å². The molecular weight excluding hydrogens is 194 g/mol. The molecule has 1 N–H and O–H groups in total. The van der Waals surface area contributed by atoms with Gasteiger partial charge in [0.2, 0.25) is 0 Å². The van der Waals surface area contributed by atoms with Crippen molar-refractivity contribution in [2.24, 2.45) is 17.8 Å². The van der Waals surface area contributed by atoms with Gasteiger partial charge in [0, 0.05) is 0 Å². The molecule has 0 heterocycles. The third kappa shape index (κ3) is 5.34. The molecule has 2 unspecified atom stereocenters. The molecule has 0 spiro atoms. The van der Waals surface area contributed by atoms with Gasteiger partial charge >= 0.3 is 0 Å². The summed E-state index contributed by atoms with van der Waals surface area (Å²) in [5.74, 6) is 2.87. The molecule has 0 aromatic heterocycles. The monoisotopic (exact) mass is 225 g/mol. The molecule has 0 bridgehead atoms. The van der Waals surface area contributed by atoms with E-state index in [4.69, 9.17) is 0 Å². The van der Waals surface area contributed by atoms with E-state index in [9.17, 15) is 0 Å². The minimum absolute atomic E-state index is 0.881. The second kappa shape index (κ2) is 8.11. The average Bonchev–Trinajstić information content (AvgIpc) is 2.28. The molecule has 1 rings (SSSR count). The van der Waals surface area contributed by atoms with Crippen LogP contribution in [-0.2, 0) is 0 Å². The highest BCUT2D eigenvalue weighted by Gasteiger charge is 2.24. The van der Waals surface area contributed by atoms with Gasteiger partial charge in [-0.05, 0) is 50.1 Å². The van der Waals surface area contributed by atoms with E-state index >= 15 is 0 Å². The maximum Gasteiger partial charge on any atom is -0.00179 e. The van der Waals surface area contributed by atoms with Crippen molar-refractivity contribution in [2.75, 3.05) is 13.1 Å². The lowest BCUT2D eigenvalue weighted by molar-refractivity contribution is 0.208. The molecule has 1 saturated carbocycles. The van der Waals surface area contributed by atoms with E-state index in [1.165, 1.54) is 58.0 Å². The normalized spacial score (nSPS) is 26.2. The summed E-state index contributed by atoms with van der Waals surface area (Å²) in [7, 11) is 0. The zero-order valence-corrected chi connectivity index (χ0v) is 11.6. The van der Waals surface area contributed by atoms with Gasteiger partial charge in [0.1, 0.15) is 0 Å². The van der Waals surface area contributed by atoms with E-state index in [2.05, 4.69) is 26.1 Å². The third-order valence-corrected chi connectivity index (χ3v) is 4.01.